The number of hydrogen-bond donors (Lipinski definition) is 1. The first-order valence-corrected chi connectivity index (χ1v) is 5.58. The van der Waals surface area contributed by atoms with Crippen molar-refractivity contribution < 1.29 is 9.53 Å². The molecule has 1 aromatic rings. The molecule has 0 saturated heterocycles. The van der Waals surface area contributed by atoms with Crippen LogP contribution in [-0.4, -0.2) is 12.4 Å². The zero-order chi connectivity index (χ0) is 12.9. The first-order chi connectivity index (χ1) is 7.89. The van der Waals surface area contributed by atoms with Gasteiger partial charge in [-0.25, -0.2) is 0 Å². The van der Waals surface area contributed by atoms with Gasteiger partial charge in [-0.2, -0.15) is 0 Å². The lowest BCUT2D eigenvalue weighted by Gasteiger charge is -2.14. The first-order valence-electron chi connectivity index (χ1n) is 5.58. The molecule has 0 radical (unpaired) electrons. The molecule has 3 heteroatoms. The number of ether oxygens (including phenoxy) is 1. The van der Waals surface area contributed by atoms with Crippen LogP contribution in [0.3, 0.4) is 0 Å². The Morgan fingerprint density at radius 1 is 1.29 bits per heavy atom. The Balaban J connectivity index is 2.53. The maximum absolute atomic E-state index is 11.7. The maximum atomic E-state index is 11.7. The summed E-state index contributed by atoms with van der Waals surface area (Å²) >= 11 is 0. The average molecular weight is 233 g/mol. The van der Waals surface area contributed by atoms with Crippen LogP contribution < -0.4 is 10.5 Å². The number of carbonyl (C=O) groups excluding carboxylic acids is 1. The first kappa shape index (κ1) is 13.3. The number of para-hydroxylation sites is 1. The lowest BCUT2D eigenvalue weighted by atomic mass is 9.90. The van der Waals surface area contributed by atoms with E-state index in [1.165, 1.54) is 6.08 Å². The van der Waals surface area contributed by atoms with Gasteiger partial charge >= 0.3 is 0 Å². The summed E-state index contributed by atoms with van der Waals surface area (Å²) in [6.45, 7) is 5.80. The SMILES string of the molecule is CC(C)(C)C(=O)C=C(N)COc1ccccc1. The van der Waals surface area contributed by atoms with Gasteiger partial charge in [0.15, 0.2) is 5.78 Å². The van der Waals surface area contributed by atoms with Crippen LogP contribution in [0.2, 0.25) is 0 Å². The van der Waals surface area contributed by atoms with Crippen molar-refractivity contribution in [2.45, 2.75) is 20.8 Å². The van der Waals surface area contributed by atoms with E-state index < -0.39 is 5.41 Å². The summed E-state index contributed by atoms with van der Waals surface area (Å²) in [5.74, 6) is 0.749. The van der Waals surface area contributed by atoms with Crippen LogP contribution in [-0.2, 0) is 4.79 Å². The predicted molar refractivity (Wildman–Crippen MR) is 68.7 cm³/mol. The number of allylic oxidation sites excluding steroid dienone is 1. The third-order valence-electron chi connectivity index (χ3n) is 2.20. The molecule has 0 unspecified atom stereocenters. The molecule has 0 aliphatic carbocycles. The predicted octanol–water partition coefficient (Wildman–Crippen LogP) is 2.52. The fraction of sp³-hybridized carbons (Fsp3) is 0.357. The third kappa shape index (κ3) is 4.72. The van der Waals surface area contributed by atoms with Gasteiger partial charge < -0.3 is 10.5 Å². The van der Waals surface area contributed by atoms with Gasteiger partial charge in [-0.1, -0.05) is 39.0 Å². The number of rotatable bonds is 4. The van der Waals surface area contributed by atoms with Crippen LogP contribution in [0.1, 0.15) is 20.8 Å². The largest absolute Gasteiger partial charge is 0.487 e. The van der Waals surface area contributed by atoms with Crippen molar-refractivity contribution in [2.75, 3.05) is 6.61 Å². The summed E-state index contributed by atoms with van der Waals surface area (Å²) < 4.78 is 5.44. The number of hydrogen-bond acceptors (Lipinski definition) is 3. The Hall–Kier alpha value is -1.77. The molecule has 0 fully saturated rings. The van der Waals surface area contributed by atoms with Crippen LogP contribution in [0.25, 0.3) is 0 Å². The summed E-state index contributed by atoms with van der Waals surface area (Å²) in [5, 5.41) is 0. The second-order valence-electron chi connectivity index (χ2n) is 4.94. The third-order valence-corrected chi connectivity index (χ3v) is 2.20. The van der Waals surface area contributed by atoms with Gasteiger partial charge in [0.25, 0.3) is 0 Å². The van der Waals surface area contributed by atoms with Crippen molar-refractivity contribution in [3.63, 3.8) is 0 Å². The van der Waals surface area contributed by atoms with Gasteiger partial charge in [-0.05, 0) is 12.1 Å². The minimum atomic E-state index is -0.405. The highest BCUT2D eigenvalue weighted by Gasteiger charge is 2.19. The molecule has 1 aromatic carbocycles. The lowest BCUT2D eigenvalue weighted by molar-refractivity contribution is -0.121. The van der Waals surface area contributed by atoms with E-state index in [9.17, 15) is 4.79 Å². The normalized spacial score (nSPS) is 12.3. The Morgan fingerprint density at radius 3 is 2.41 bits per heavy atom. The van der Waals surface area contributed by atoms with Gasteiger partial charge in [0, 0.05) is 17.2 Å². The van der Waals surface area contributed by atoms with E-state index in [4.69, 9.17) is 10.5 Å². The second kappa shape index (κ2) is 5.53. The Labute approximate surface area is 102 Å². The molecule has 17 heavy (non-hydrogen) atoms. The lowest BCUT2D eigenvalue weighted by Crippen LogP contribution is -2.20. The Morgan fingerprint density at radius 2 is 1.88 bits per heavy atom. The summed E-state index contributed by atoms with van der Waals surface area (Å²) in [6.07, 6.45) is 1.45. The quantitative estimate of drug-likeness (QED) is 0.813. The van der Waals surface area contributed by atoms with Gasteiger partial charge in [0.2, 0.25) is 0 Å². The summed E-state index contributed by atoms with van der Waals surface area (Å²) in [4.78, 5) is 11.7. The molecule has 92 valence electrons. The molecule has 0 saturated carbocycles. The molecule has 0 amide bonds. The second-order valence-corrected chi connectivity index (χ2v) is 4.94. The van der Waals surface area contributed by atoms with Gasteiger partial charge in [-0.15, -0.1) is 0 Å². The van der Waals surface area contributed by atoms with Crippen molar-refractivity contribution in [3.8, 4) is 5.75 Å². The van der Waals surface area contributed by atoms with E-state index in [0.29, 0.717) is 5.70 Å². The van der Waals surface area contributed by atoms with Crippen molar-refractivity contribution in [3.05, 3.63) is 42.1 Å². The van der Waals surface area contributed by atoms with Crippen LogP contribution in [0.4, 0.5) is 0 Å². The van der Waals surface area contributed by atoms with Gasteiger partial charge in [-0.3, -0.25) is 4.79 Å². The Kier molecular flexibility index (Phi) is 4.32. The van der Waals surface area contributed by atoms with E-state index in [1.807, 2.05) is 51.1 Å². The van der Waals surface area contributed by atoms with Crippen LogP contribution in [0.15, 0.2) is 42.1 Å². The highest BCUT2D eigenvalue weighted by atomic mass is 16.5. The maximum Gasteiger partial charge on any atom is 0.162 e. The minimum Gasteiger partial charge on any atom is -0.487 e. The van der Waals surface area contributed by atoms with Crippen molar-refractivity contribution in [1.29, 1.82) is 0 Å². The van der Waals surface area contributed by atoms with Crippen LogP contribution >= 0.6 is 0 Å². The zero-order valence-electron chi connectivity index (χ0n) is 10.6. The molecular formula is C14H19NO2. The molecule has 3 nitrogen and oxygen atoms in total. The van der Waals surface area contributed by atoms with Crippen LogP contribution in [0, 0.1) is 5.41 Å². The minimum absolute atomic E-state index is 0.00617. The van der Waals surface area contributed by atoms with Gasteiger partial charge in [0.05, 0.1) is 0 Å². The molecule has 0 heterocycles. The molecular weight excluding hydrogens is 214 g/mol. The molecule has 0 atom stereocenters. The van der Waals surface area contributed by atoms with Gasteiger partial charge in [0.1, 0.15) is 12.4 Å². The number of ketones is 1. The summed E-state index contributed by atoms with van der Waals surface area (Å²) in [5.41, 5.74) is 5.77. The fourth-order valence-corrected chi connectivity index (χ4v) is 1.11. The molecule has 2 N–H and O–H groups in total. The Bertz CT molecular complexity index is 402. The van der Waals surface area contributed by atoms with E-state index in [-0.39, 0.29) is 12.4 Å². The van der Waals surface area contributed by atoms with E-state index in [2.05, 4.69) is 0 Å². The highest BCUT2D eigenvalue weighted by Crippen LogP contribution is 2.16. The van der Waals surface area contributed by atoms with Crippen molar-refractivity contribution >= 4 is 5.78 Å². The summed E-state index contributed by atoms with van der Waals surface area (Å²) in [6, 6.07) is 9.37. The number of benzene rings is 1. The highest BCUT2D eigenvalue weighted by molar-refractivity contribution is 5.94. The molecule has 0 spiro atoms. The van der Waals surface area contributed by atoms with E-state index >= 15 is 0 Å². The van der Waals surface area contributed by atoms with Crippen molar-refractivity contribution in [2.24, 2.45) is 11.1 Å². The number of nitrogens with two attached hydrogens (primary N) is 1. The number of carbonyl (C=O) groups is 1. The fourth-order valence-electron chi connectivity index (χ4n) is 1.11. The van der Waals surface area contributed by atoms with Crippen LogP contribution in [0.5, 0.6) is 5.75 Å². The standard InChI is InChI=1S/C14H19NO2/c1-14(2,3)13(16)9-11(15)10-17-12-7-5-4-6-8-12/h4-9H,10,15H2,1-3H3. The molecule has 0 aliphatic heterocycles. The summed E-state index contributed by atoms with van der Waals surface area (Å²) in [7, 11) is 0. The van der Waals surface area contributed by atoms with E-state index in [1.54, 1.807) is 0 Å². The molecule has 0 aliphatic rings. The average Bonchev–Trinajstić information content (AvgIpc) is 2.26. The van der Waals surface area contributed by atoms with E-state index in [0.717, 1.165) is 5.75 Å². The smallest absolute Gasteiger partial charge is 0.162 e. The zero-order valence-corrected chi connectivity index (χ0v) is 10.6. The molecule has 1 rings (SSSR count). The van der Waals surface area contributed by atoms with Crippen molar-refractivity contribution in [1.82, 2.24) is 0 Å². The monoisotopic (exact) mass is 233 g/mol. The topological polar surface area (TPSA) is 52.3 Å². The molecule has 0 bridgehead atoms. The molecule has 0 aromatic heterocycles.